The minimum atomic E-state index is -1.23. The first-order valence-electron chi connectivity index (χ1n) is 6.61. The minimum absolute atomic E-state index is 0.173. The average Bonchev–Trinajstić information content (AvgIpc) is 3.02. The van der Waals surface area contributed by atoms with Gasteiger partial charge in [-0.1, -0.05) is 34.8 Å². The molecule has 0 radical (unpaired) electrons. The van der Waals surface area contributed by atoms with E-state index >= 15 is 0 Å². The van der Waals surface area contributed by atoms with E-state index in [1.54, 1.807) is 13.8 Å². The summed E-state index contributed by atoms with van der Waals surface area (Å²) in [4.78, 5) is 30.7. The van der Waals surface area contributed by atoms with Crippen LogP contribution in [-0.2, 0) is 9.59 Å². The molecule has 0 saturated carbocycles. The molecule has 0 bridgehead atoms. The normalized spacial score (nSPS) is 20.4. The second-order valence-corrected chi connectivity index (χ2v) is 6.88. The average molecular weight is 374 g/mol. The third-order valence-corrected chi connectivity index (χ3v) is 4.55. The number of ketones is 1. The summed E-state index contributed by atoms with van der Waals surface area (Å²) >= 11 is 18.4. The standard InChI is InChI=1S/C14H11Cl3N4O2/c1-14(2)11(22)12(20-6-18-5-19-20)21(13(14)23)10-8(16)3-7(15)4-9(10)17/h3-6,12H,1-2H3. The molecule has 2 heterocycles. The summed E-state index contributed by atoms with van der Waals surface area (Å²) in [6.45, 7) is 3.11. The molecule has 0 N–H and O–H groups in total. The lowest BCUT2D eigenvalue weighted by Gasteiger charge is -2.25. The lowest BCUT2D eigenvalue weighted by atomic mass is 9.90. The van der Waals surface area contributed by atoms with Crippen molar-refractivity contribution in [1.29, 1.82) is 0 Å². The van der Waals surface area contributed by atoms with Gasteiger partial charge in [-0.15, -0.1) is 0 Å². The van der Waals surface area contributed by atoms with Crippen molar-refractivity contribution in [3.63, 3.8) is 0 Å². The van der Waals surface area contributed by atoms with Crippen LogP contribution in [0.1, 0.15) is 20.0 Å². The highest BCUT2D eigenvalue weighted by Gasteiger charge is 2.55. The minimum Gasteiger partial charge on any atom is -0.294 e. The molecule has 1 aromatic carbocycles. The maximum atomic E-state index is 12.8. The molecule has 1 atom stereocenters. The highest BCUT2D eigenvalue weighted by molar-refractivity contribution is 6.43. The van der Waals surface area contributed by atoms with Gasteiger partial charge >= 0.3 is 0 Å². The molecule has 1 aromatic heterocycles. The number of nitrogens with zero attached hydrogens (tertiary/aromatic N) is 4. The van der Waals surface area contributed by atoms with E-state index in [0.29, 0.717) is 5.02 Å². The summed E-state index contributed by atoms with van der Waals surface area (Å²) in [6.07, 6.45) is 1.64. The summed E-state index contributed by atoms with van der Waals surface area (Å²) in [6, 6.07) is 2.93. The lowest BCUT2D eigenvalue weighted by Crippen LogP contribution is -2.34. The second-order valence-electron chi connectivity index (χ2n) is 5.63. The first kappa shape index (κ1) is 16.2. The number of carbonyl (C=O) groups is 2. The smallest absolute Gasteiger partial charge is 0.242 e. The van der Waals surface area contributed by atoms with Gasteiger partial charge in [0, 0.05) is 5.02 Å². The fourth-order valence-electron chi connectivity index (χ4n) is 2.53. The van der Waals surface area contributed by atoms with Gasteiger partial charge in [-0.05, 0) is 26.0 Å². The van der Waals surface area contributed by atoms with Crippen LogP contribution in [0.25, 0.3) is 0 Å². The van der Waals surface area contributed by atoms with Crippen molar-refractivity contribution in [2.45, 2.75) is 20.0 Å². The third-order valence-electron chi connectivity index (χ3n) is 3.76. The van der Waals surface area contributed by atoms with Crippen molar-refractivity contribution < 1.29 is 9.59 Å². The van der Waals surface area contributed by atoms with Crippen molar-refractivity contribution in [2.75, 3.05) is 4.90 Å². The van der Waals surface area contributed by atoms with E-state index in [1.807, 2.05) is 0 Å². The number of aromatic nitrogens is 3. The van der Waals surface area contributed by atoms with Crippen LogP contribution in [0.5, 0.6) is 0 Å². The Morgan fingerprint density at radius 1 is 1.13 bits per heavy atom. The number of hydrogen-bond donors (Lipinski definition) is 0. The van der Waals surface area contributed by atoms with Crippen molar-refractivity contribution in [3.8, 4) is 0 Å². The van der Waals surface area contributed by atoms with E-state index in [0.717, 1.165) is 0 Å². The zero-order valence-electron chi connectivity index (χ0n) is 12.1. The largest absolute Gasteiger partial charge is 0.294 e. The molecule has 9 heteroatoms. The van der Waals surface area contributed by atoms with Gasteiger partial charge in [-0.2, -0.15) is 5.10 Å². The van der Waals surface area contributed by atoms with Gasteiger partial charge in [0.15, 0.2) is 11.9 Å². The second kappa shape index (κ2) is 5.47. The number of Topliss-reactive ketones (excluding diaryl/α,β-unsaturated/α-hetero) is 1. The summed E-state index contributed by atoms with van der Waals surface area (Å²) < 4.78 is 1.30. The fraction of sp³-hybridized carbons (Fsp3) is 0.286. The maximum Gasteiger partial charge on any atom is 0.242 e. The predicted molar refractivity (Wildman–Crippen MR) is 86.8 cm³/mol. The highest BCUT2D eigenvalue weighted by Crippen LogP contribution is 2.46. The monoisotopic (exact) mass is 372 g/mol. The summed E-state index contributed by atoms with van der Waals surface area (Å²) in [5.41, 5.74) is -1.01. The van der Waals surface area contributed by atoms with Crippen molar-refractivity contribution in [2.24, 2.45) is 5.41 Å². The highest BCUT2D eigenvalue weighted by atomic mass is 35.5. The summed E-state index contributed by atoms with van der Waals surface area (Å²) in [5.74, 6) is -0.746. The Morgan fingerprint density at radius 2 is 1.74 bits per heavy atom. The molecule has 1 amide bonds. The molecule has 0 aliphatic carbocycles. The first-order valence-corrected chi connectivity index (χ1v) is 7.75. The lowest BCUT2D eigenvalue weighted by molar-refractivity contribution is -0.133. The van der Waals surface area contributed by atoms with Crippen LogP contribution in [0.3, 0.4) is 0 Å². The molecule has 1 unspecified atom stereocenters. The Bertz CT molecular complexity index is 781. The molecular weight excluding hydrogens is 363 g/mol. The topological polar surface area (TPSA) is 68.1 Å². The third kappa shape index (κ3) is 2.41. The van der Waals surface area contributed by atoms with Gasteiger partial charge in [0.25, 0.3) is 0 Å². The van der Waals surface area contributed by atoms with Gasteiger partial charge in [0.1, 0.15) is 18.1 Å². The first-order chi connectivity index (χ1) is 10.7. The molecule has 2 aromatic rings. The van der Waals surface area contributed by atoms with Gasteiger partial charge < -0.3 is 0 Å². The number of anilines is 1. The molecule has 3 rings (SSSR count). The van der Waals surface area contributed by atoms with E-state index in [2.05, 4.69) is 10.1 Å². The fourth-order valence-corrected chi connectivity index (χ4v) is 3.53. The molecule has 23 heavy (non-hydrogen) atoms. The Kier molecular flexibility index (Phi) is 3.86. The van der Waals surface area contributed by atoms with E-state index in [1.165, 1.54) is 34.4 Å². The Hall–Kier alpha value is -1.63. The zero-order valence-corrected chi connectivity index (χ0v) is 14.4. The summed E-state index contributed by atoms with van der Waals surface area (Å²) in [5, 5.41) is 4.66. The van der Waals surface area contributed by atoms with Gasteiger partial charge in [0.2, 0.25) is 5.91 Å². The molecular formula is C14H11Cl3N4O2. The number of carbonyl (C=O) groups excluding carboxylic acids is 2. The summed E-state index contributed by atoms with van der Waals surface area (Å²) in [7, 11) is 0. The molecule has 1 saturated heterocycles. The molecule has 1 aliphatic rings. The molecule has 1 fully saturated rings. The van der Waals surface area contributed by atoms with Crippen molar-refractivity contribution in [3.05, 3.63) is 39.9 Å². The Morgan fingerprint density at radius 3 is 2.26 bits per heavy atom. The molecule has 120 valence electrons. The molecule has 0 spiro atoms. The van der Waals surface area contributed by atoms with Crippen LogP contribution in [0.15, 0.2) is 24.8 Å². The Labute approximate surface area is 146 Å². The predicted octanol–water partition coefficient (Wildman–Crippen LogP) is 3.38. The van der Waals surface area contributed by atoms with Crippen LogP contribution in [0.4, 0.5) is 5.69 Å². The quantitative estimate of drug-likeness (QED) is 0.757. The van der Waals surface area contributed by atoms with E-state index in [-0.39, 0.29) is 21.5 Å². The van der Waals surface area contributed by atoms with E-state index in [4.69, 9.17) is 34.8 Å². The van der Waals surface area contributed by atoms with E-state index < -0.39 is 17.5 Å². The zero-order chi connectivity index (χ0) is 16.9. The van der Waals surface area contributed by atoms with Crippen LogP contribution in [0.2, 0.25) is 15.1 Å². The number of halogens is 3. The number of amides is 1. The van der Waals surface area contributed by atoms with E-state index in [9.17, 15) is 9.59 Å². The molecule has 6 nitrogen and oxygen atoms in total. The number of hydrogen-bond acceptors (Lipinski definition) is 4. The van der Waals surface area contributed by atoms with Gasteiger partial charge in [0.05, 0.1) is 15.7 Å². The number of benzene rings is 1. The molecule has 1 aliphatic heterocycles. The maximum absolute atomic E-state index is 12.8. The van der Waals surface area contributed by atoms with Crippen LogP contribution < -0.4 is 4.90 Å². The van der Waals surface area contributed by atoms with Crippen molar-refractivity contribution in [1.82, 2.24) is 14.8 Å². The number of rotatable bonds is 2. The van der Waals surface area contributed by atoms with Crippen LogP contribution >= 0.6 is 34.8 Å². The van der Waals surface area contributed by atoms with Gasteiger partial charge in [-0.3, -0.25) is 14.5 Å². The Balaban J connectivity index is 2.23. The van der Waals surface area contributed by atoms with Crippen LogP contribution in [0, 0.1) is 5.41 Å². The van der Waals surface area contributed by atoms with Crippen molar-refractivity contribution >= 4 is 52.2 Å². The van der Waals surface area contributed by atoms with Crippen LogP contribution in [-0.4, -0.2) is 26.5 Å². The SMILES string of the molecule is CC1(C)C(=O)C(n2cncn2)N(c2c(Cl)cc(Cl)cc2Cl)C1=O. The van der Waals surface area contributed by atoms with Gasteiger partial charge in [-0.25, -0.2) is 9.67 Å².